The minimum atomic E-state index is 0.663. The summed E-state index contributed by atoms with van der Waals surface area (Å²) in [6.45, 7) is 0. The highest BCUT2D eigenvalue weighted by molar-refractivity contribution is 7.25. The number of furan rings is 1. The lowest BCUT2D eigenvalue weighted by atomic mass is 9.93. The Hall–Kier alpha value is -7.21. The van der Waals surface area contributed by atoms with Crippen LogP contribution < -0.4 is 0 Å². The van der Waals surface area contributed by atoms with E-state index in [1.54, 1.807) is 0 Å². The normalized spacial score (nSPS) is 11.6. The van der Waals surface area contributed by atoms with Gasteiger partial charge >= 0.3 is 0 Å². The highest BCUT2D eigenvalue weighted by Gasteiger charge is 2.19. The zero-order chi connectivity index (χ0) is 37.0. The maximum absolute atomic E-state index is 6.71. The molecule has 4 aromatic heterocycles. The van der Waals surface area contributed by atoms with E-state index >= 15 is 0 Å². The molecule has 11 aromatic rings. The Morgan fingerprint density at radius 2 is 1.05 bits per heavy atom. The van der Waals surface area contributed by atoms with Gasteiger partial charge in [-0.1, -0.05) is 127 Å². The molecule has 56 heavy (non-hydrogen) atoms. The maximum atomic E-state index is 6.71. The summed E-state index contributed by atoms with van der Waals surface area (Å²) in [7, 11) is 0. The van der Waals surface area contributed by atoms with Gasteiger partial charge in [0.1, 0.15) is 11.2 Å². The maximum Gasteiger partial charge on any atom is 0.160 e. The molecule has 0 saturated carbocycles. The molecule has 0 amide bonds. The Morgan fingerprint density at radius 3 is 1.89 bits per heavy atom. The molecule has 0 aliphatic rings. The van der Waals surface area contributed by atoms with E-state index in [0.717, 1.165) is 78.0 Å². The largest absolute Gasteiger partial charge is 0.455 e. The average Bonchev–Trinajstić information content (AvgIpc) is 3.85. The van der Waals surface area contributed by atoms with Crippen LogP contribution >= 0.6 is 11.3 Å². The molecule has 0 bridgehead atoms. The van der Waals surface area contributed by atoms with E-state index in [-0.39, 0.29) is 0 Å². The van der Waals surface area contributed by atoms with Crippen LogP contribution in [0, 0.1) is 0 Å². The molecule has 0 fully saturated rings. The van der Waals surface area contributed by atoms with Crippen LogP contribution in [0.3, 0.4) is 0 Å². The Labute approximate surface area is 327 Å². The second-order valence-electron chi connectivity index (χ2n) is 14.0. The molecule has 0 unspecified atom stereocenters. The van der Waals surface area contributed by atoms with Crippen LogP contribution in [0.5, 0.6) is 0 Å². The second-order valence-corrected chi connectivity index (χ2v) is 15.1. The Kier molecular flexibility index (Phi) is 7.64. The van der Waals surface area contributed by atoms with Crippen molar-refractivity contribution in [2.45, 2.75) is 0 Å². The zero-order valence-electron chi connectivity index (χ0n) is 30.1. The monoisotopic (exact) mass is 733 g/mol. The Balaban J connectivity index is 1.02. The molecule has 5 heteroatoms. The van der Waals surface area contributed by atoms with Gasteiger partial charge in [-0.2, -0.15) is 0 Å². The predicted octanol–water partition coefficient (Wildman–Crippen LogP) is 14.1. The molecule has 0 radical (unpaired) electrons. The van der Waals surface area contributed by atoms with Gasteiger partial charge < -0.3 is 4.42 Å². The quantitative estimate of drug-likeness (QED) is 0.171. The smallest absolute Gasteiger partial charge is 0.160 e. The Morgan fingerprint density at radius 1 is 0.393 bits per heavy atom. The van der Waals surface area contributed by atoms with Crippen molar-refractivity contribution in [2.75, 3.05) is 0 Å². The van der Waals surface area contributed by atoms with Gasteiger partial charge in [0.05, 0.1) is 17.1 Å². The number of thiophene rings is 1. The summed E-state index contributed by atoms with van der Waals surface area (Å²) >= 11 is 1.84. The molecule has 0 N–H and O–H groups in total. The number of hydrogen-bond acceptors (Lipinski definition) is 5. The summed E-state index contributed by atoms with van der Waals surface area (Å²) in [4.78, 5) is 14.8. The average molecular weight is 734 g/mol. The van der Waals surface area contributed by atoms with Crippen molar-refractivity contribution in [1.82, 2.24) is 15.0 Å². The summed E-state index contributed by atoms with van der Waals surface area (Å²) in [6.07, 6.45) is 1.82. The SMILES string of the molecule is c1ccc(-c2cc(-c3ccc(-c4ccc(-c5ccc6sc7ccccc7c6c5)c5c4oc4ccccc45)cc3)nc(-c3cccc(-c4ccccn4)c3)n2)cc1. The first kappa shape index (κ1) is 32.2. The first-order valence-electron chi connectivity index (χ1n) is 18.7. The molecular formula is C51H31N3OS. The fraction of sp³-hybridized carbons (Fsp3) is 0. The number of benzene rings is 7. The van der Waals surface area contributed by atoms with Crippen LogP contribution in [-0.4, -0.2) is 15.0 Å². The van der Waals surface area contributed by atoms with Gasteiger partial charge in [0, 0.05) is 65.0 Å². The van der Waals surface area contributed by atoms with Crippen molar-refractivity contribution in [2.24, 2.45) is 0 Å². The van der Waals surface area contributed by atoms with Crippen LogP contribution in [0.4, 0.5) is 0 Å². The molecule has 0 aliphatic carbocycles. The van der Waals surface area contributed by atoms with Crippen LogP contribution in [0.25, 0.3) is 110 Å². The predicted molar refractivity (Wildman–Crippen MR) is 233 cm³/mol. The standard InChI is InChI=1S/C51H31N3OS/c1-2-11-33(12-3-1)44-31-45(54-51(53-44)37-14-10-13-36(29-37)43-17-8-9-28-52-43)34-22-20-32(21-23-34)39-26-25-38(49-41-16-4-6-18-46(41)55-50(39)49)35-24-27-48-42(30-35)40-15-5-7-19-47(40)56-48/h1-31H. The van der Waals surface area contributed by atoms with E-state index in [2.05, 4.69) is 138 Å². The van der Waals surface area contributed by atoms with Crippen LogP contribution in [0.15, 0.2) is 193 Å². The fourth-order valence-corrected chi connectivity index (χ4v) is 8.93. The molecule has 262 valence electrons. The highest BCUT2D eigenvalue weighted by atomic mass is 32.1. The van der Waals surface area contributed by atoms with Gasteiger partial charge in [-0.15, -0.1) is 11.3 Å². The minimum absolute atomic E-state index is 0.663. The number of pyridine rings is 1. The summed E-state index contributed by atoms with van der Waals surface area (Å²) in [6, 6.07) is 63.6. The fourth-order valence-electron chi connectivity index (χ4n) is 7.84. The number of nitrogens with zero attached hydrogens (tertiary/aromatic N) is 3. The van der Waals surface area contributed by atoms with Crippen molar-refractivity contribution < 1.29 is 4.42 Å². The van der Waals surface area contributed by atoms with Crippen molar-refractivity contribution in [3.05, 3.63) is 188 Å². The topological polar surface area (TPSA) is 51.8 Å². The van der Waals surface area contributed by atoms with E-state index in [0.29, 0.717) is 5.82 Å². The molecule has 7 aromatic carbocycles. The van der Waals surface area contributed by atoms with Crippen molar-refractivity contribution >= 4 is 53.4 Å². The lowest BCUT2D eigenvalue weighted by molar-refractivity contribution is 0.670. The van der Waals surface area contributed by atoms with Gasteiger partial charge in [0.2, 0.25) is 0 Å². The van der Waals surface area contributed by atoms with E-state index in [1.807, 2.05) is 66.1 Å². The van der Waals surface area contributed by atoms with Crippen molar-refractivity contribution in [3.63, 3.8) is 0 Å². The highest BCUT2D eigenvalue weighted by Crippen LogP contribution is 2.44. The van der Waals surface area contributed by atoms with Gasteiger partial charge in [-0.25, -0.2) is 9.97 Å². The molecule has 0 spiro atoms. The van der Waals surface area contributed by atoms with Gasteiger partial charge in [-0.3, -0.25) is 4.98 Å². The summed E-state index contributed by atoms with van der Waals surface area (Å²) < 4.78 is 9.31. The molecule has 4 nitrogen and oxygen atoms in total. The molecular weight excluding hydrogens is 703 g/mol. The van der Waals surface area contributed by atoms with Gasteiger partial charge in [0.15, 0.2) is 5.82 Å². The lowest BCUT2D eigenvalue weighted by Crippen LogP contribution is -1.96. The second kappa shape index (κ2) is 13.3. The molecule has 0 saturated heterocycles. The molecule has 4 heterocycles. The first-order valence-corrected chi connectivity index (χ1v) is 19.5. The lowest BCUT2D eigenvalue weighted by Gasteiger charge is -2.12. The molecule has 11 rings (SSSR count). The summed E-state index contributed by atoms with van der Waals surface area (Å²) in [5.74, 6) is 0.663. The number of para-hydroxylation sites is 1. The van der Waals surface area contributed by atoms with E-state index in [1.165, 1.54) is 25.7 Å². The van der Waals surface area contributed by atoms with E-state index < -0.39 is 0 Å². The van der Waals surface area contributed by atoms with Crippen LogP contribution in [0.1, 0.15) is 0 Å². The van der Waals surface area contributed by atoms with Crippen molar-refractivity contribution in [1.29, 1.82) is 0 Å². The van der Waals surface area contributed by atoms with Gasteiger partial charge in [-0.05, 0) is 71.3 Å². The molecule has 0 aliphatic heterocycles. The van der Waals surface area contributed by atoms with Crippen LogP contribution in [-0.2, 0) is 0 Å². The third-order valence-electron chi connectivity index (χ3n) is 10.6. The third-order valence-corrected chi connectivity index (χ3v) is 11.7. The summed E-state index contributed by atoms with van der Waals surface area (Å²) in [5, 5.41) is 4.82. The zero-order valence-corrected chi connectivity index (χ0v) is 30.9. The summed E-state index contributed by atoms with van der Waals surface area (Å²) in [5.41, 5.74) is 12.8. The van der Waals surface area contributed by atoms with Gasteiger partial charge in [0.25, 0.3) is 0 Å². The first-order chi connectivity index (χ1) is 27.7. The molecule has 0 atom stereocenters. The van der Waals surface area contributed by atoms with Crippen molar-refractivity contribution in [3.8, 4) is 67.4 Å². The number of hydrogen-bond donors (Lipinski definition) is 0. The Bertz CT molecular complexity index is 3240. The number of rotatable bonds is 6. The number of fused-ring (bicyclic) bond motifs is 6. The van der Waals surface area contributed by atoms with E-state index in [4.69, 9.17) is 14.4 Å². The minimum Gasteiger partial charge on any atom is -0.455 e. The van der Waals surface area contributed by atoms with E-state index in [9.17, 15) is 0 Å². The van der Waals surface area contributed by atoms with Crippen LogP contribution in [0.2, 0.25) is 0 Å². The third kappa shape index (κ3) is 5.56. The number of aromatic nitrogens is 3.